The molecule has 0 aliphatic heterocycles. The topological polar surface area (TPSA) is 75.3 Å². The van der Waals surface area contributed by atoms with Crippen molar-refractivity contribution >= 4 is 15.9 Å². The lowest BCUT2D eigenvalue weighted by molar-refractivity contribution is -0.128. The minimum atomic E-state index is -4.16. The van der Waals surface area contributed by atoms with E-state index in [0.29, 0.717) is 17.8 Å². The molecule has 0 aromatic heterocycles. The van der Waals surface area contributed by atoms with Crippen LogP contribution < -0.4 is 10.0 Å². The summed E-state index contributed by atoms with van der Waals surface area (Å²) in [5, 5.41) is 3.11. The number of benzene rings is 1. The van der Waals surface area contributed by atoms with Crippen LogP contribution in [0.25, 0.3) is 0 Å². The van der Waals surface area contributed by atoms with Gasteiger partial charge in [0, 0.05) is 6.04 Å². The van der Waals surface area contributed by atoms with E-state index in [2.05, 4.69) is 23.9 Å². The molecule has 2 saturated carbocycles. The molecule has 1 aromatic carbocycles. The number of hydrogen-bond acceptors (Lipinski definition) is 3. The van der Waals surface area contributed by atoms with Crippen LogP contribution in [0.15, 0.2) is 29.2 Å². The number of carbonyl (C=O) groups is 1. The maximum absolute atomic E-state index is 13.9. The first-order chi connectivity index (χ1) is 13.0. The summed E-state index contributed by atoms with van der Waals surface area (Å²) in [6.45, 7) is 7.46. The Morgan fingerprint density at radius 2 is 1.79 bits per heavy atom. The second-order valence-corrected chi connectivity index (χ2v) is 11.0. The lowest BCUT2D eigenvalue weighted by atomic mass is 9.63. The van der Waals surface area contributed by atoms with Gasteiger partial charge < -0.3 is 5.32 Å². The molecule has 2 bridgehead atoms. The summed E-state index contributed by atoms with van der Waals surface area (Å²) in [6.07, 6.45) is 4.57. The first-order valence-electron chi connectivity index (χ1n) is 10.1. The molecule has 0 heterocycles. The van der Waals surface area contributed by atoms with E-state index < -0.39 is 26.3 Å². The summed E-state index contributed by atoms with van der Waals surface area (Å²) < 4.78 is 41.5. The lowest BCUT2D eigenvalue weighted by Gasteiger charge is -2.47. The second-order valence-electron chi connectivity index (χ2n) is 9.31. The SMILES string of the molecule is CC1CC2CC(C)C(NC(=O)C(C)(C)NS(=O)(=O)c3ccccc3F)C(C1)C2. The van der Waals surface area contributed by atoms with Gasteiger partial charge in [-0.05, 0) is 75.3 Å². The predicted molar refractivity (Wildman–Crippen MR) is 107 cm³/mol. The van der Waals surface area contributed by atoms with Crippen LogP contribution in [-0.4, -0.2) is 25.9 Å². The number of rotatable bonds is 5. The van der Waals surface area contributed by atoms with Crippen LogP contribution in [0.5, 0.6) is 0 Å². The van der Waals surface area contributed by atoms with Gasteiger partial charge >= 0.3 is 0 Å². The van der Waals surface area contributed by atoms with E-state index >= 15 is 0 Å². The van der Waals surface area contributed by atoms with Crippen molar-refractivity contribution in [2.45, 2.75) is 69.9 Å². The van der Waals surface area contributed by atoms with Gasteiger partial charge in [-0.25, -0.2) is 12.8 Å². The molecule has 0 radical (unpaired) electrons. The number of sulfonamides is 1. The normalized spacial score (nSPS) is 30.7. The molecule has 2 aliphatic rings. The molecule has 2 N–H and O–H groups in total. The van der Waals surface area contributed by atoms with Gasteiger partial charge in [0.1, 0.15) is 16.3 Å². The van der Waals surface area contributed by atoms with E-state index in [1.54, 1.807) is 0 Å². The van der Waals surface area contributed by atoms with Crippen LogP contribution in [0, 0.1) is 29.5 Å². The molecule has 2 fully saturated rings. The van der Waals surface area contributed by atoms with Crippen LogP contribution in [0.2, 0.25) is 0 Å². The Morgan fingerprint density at radius 1 is 1.11 bits per heavy atom. The quantitative estimate of drug-likeness (QED) is 0.781. The van der Waals surface area contributed by atoms with Crippen LogP contribution in [-0.2, 0) is 14.8 Å². The third kappa shape index (κ3) is 4.40. The van der Waals surface area contributed by atoms with E-state index in [1.807, 2.05) is 0 Å². The average molecular weight is 411 g/mol. The number of amides is 1. The molecule has 0 spiro atoms. The average Bonchev–Trinajstić information content (AvgIpc) is 2.57. The number of carbonyl (C=O) groups excluding carboxylic acids is 1. The molecule has 28 heavy (non-hydrogen) atoms. The first-order valence-corrected chi connectivity index (χ1v) is 11.6. The zero-order valence-corrected chi connectivity index (χ0v) is 17.9. The van der Waals surface area contributed by atoms with Gasteiger partial charge in [-0.1, -0.05) is 26.0 Å². The summed E-state index contributed by atoms with van der Waals surface area (Å²) in [5.74, 6) is 0.961. The Morgan fingerprint density at radius 3 is 2.46 bits per heavy atom. The molecule has 1 aromatic rings. The Hall–Kier alpha value is -1.47. The smallest absolute Gasteiger partial charge is 0.244 e. The number of nitrogens with one attached hydrogen (secondary N) is 2. The standard InChI is InChI=1S/C21H31FN2O3S/c1-13-9-15-11-14(2)19(16(10-13)12-15)23-20(25)21(3,4)24-28(26,27)18-8-6-5-7-17(18)22/h5-8,13-16,19,24H,9-12H2,1-4H3,(H,23,25). The third-order valence-corrected chi connectivity index (χ3v) is 7.97. The minimum absolute atomic E-state index is 0.0451. The van der Waals surface area contributed by atoms with Crippen LogP contribution in [0.4, 0.5) is 4.39 Å². The highest BCUT2D eigenvalue weighted by atomic mass is 32.2. The number of halogens is 1. The third-order valence-electron chi connectivity index (χ3n) is 6.28. The molecule has 0 saturated heterocycles. The largest absolute Gasteiger partial charge is 0.351 e. The van der Waals surface area contributed by atoms with Crippen molar-refractivity contribution in [3.05, 3.63) is 30.1 Å². The van der Waals surface area contributed by atoms with Crippen LogP contribution in [0.1, 0.15) is 53.4 Å². The minimum Gasteiger partial charge on any atom is -0.351 e. The molecular weight excluding hydrogens is 379 g/mol. The number of fused-ring (bicyclic) bond motifs is 2. The van der Waals surface area contributed by atoms with Gasteiger partial charge in [-0.3, -0.25) is 4.79 Å². The van der Waals surface area contributed by atoms with E-state index in [4.69, 9.17) is 0 Å². The van der Waals surface area contributed by atoms with Crippen molar-refractivity contribution < 1.29 is 17.6 Å². The van der Waals surface area contributed by atoms with Gasteiger partial charge in [-0.2, -0.15) is 4.72 Å². The van der Waals surface area contributed by atoms with Crippen LogP contribution >= 0.6 is 0 Å². The Kier molecular flexibility index (Phi) is 5.88. The van der Waals surface area contributed by atoms with E-state index in [9.17, 15) is 17.6 Å². The highest BCUT2D eigenvalue weighted by molar-refractivity contribution is 7.89. The fourth-order valence-electron chi connectivity index (χ4n) is 5.12. The Balaban J connectivity index is 1.73. The van der Waals surface area contributed by atoms with E-state index in [1.165, 1.54) is 38.5 Å². The molecule has 7 heteroatoms. The summed E-state index contributed by atoms with van der Waals surface area (Å²) in [4.78, 5) is 12.5. The summed E-state index contributed by atoms with van der Waals surface area (Å²) in [6, 6.07) is 5.21. The monoisotopic (exact) mass is 410 g/mol. The van der Waals surface area contributed by atoms with Crippen LogP contribution in [0.3, 0.4) is 0 Å². The first kappa shape index (κ1) is 21.2. The second kappa shape index (κ2) is 7.75. The van der Waals surface area contributed by atoms with E-state index in [-0.39, 0.29) is 11.9 Å². The predicted octanol–water partition coefficient (Wildman–Crippen LogP) is 3.46. The van der Waals surface area contributed by atoms with Crippen molar-refractivity contribution in [3.63, 3.8) is 0 Å². The summed E-state index contributed by atoms with van der Waals surface area (Å²) >= 11 is 0. The van der Waals surface area contributed by atoms with Crippen molar-refractivity contribution in [3.8, 4) is 0 Å². The lowest BCUT2D eigenvalue weighted by Crippen LogP contribution is -2.60. The highest BCUT2D eigenvalue weighted by Crippen LogP contribution is 2.44. The Bertz CT molecular complexity index is 836. The summed E-state index contributed by atoms with van der Waals surface area (Å²) in [7, 11) is -4.16. The van der Waals surface area contributed by atoms with E-state index in [0.717, 1.165) is 31.2 Å². The molecule has 3 rings (SSSR count). The van der Waals surface area contributed by atoms with Gasteiger partial charge in [0.15, 0.2) is 0 Å². The molecule has 5 nitrogen and oxygen atoms in total. The highest BCUT2D eigenvalue weighted by Gasteiger charge is 2.43. The summed E-state index contributed by atoms with van der Waals surface area (Å²) in [5.41, 5.74) is -1.39. The van der Waals surface area contributed by atoms with Crippen molar-refractivity contribution in [1.29, 1.82) is 0 Å². The van der Waals surface area contributed by atoms with Gasteiger partial charge in [-0.15, -0.1) is 0 Å². The van der Waals surface area contributed by atoms with Crippen molar-refractivity contribution in [2.75, 3.05) is 0 Å². The fraction of sp³-hybridized carbons (Fsp3) is 0.667. The molecular formula is C21H31FN2O3S. The zero-order valence-electron chi connectivity index (χ0n) is 17.0. The van der Waals surface area contributed by atoms with Crippen molar-refractivity contribution in [1.82, 2.24) is 10.0 Å². The van der Waals surface area contributed by atoms with Crippen molar-refractivity contribution in [2.24, 2.45) is 23.7 Å². The molecule has 5 atom stereocenters. The molecule has 156 valence electrons. The maximum atomic E-state index is 13.9. The number of hydrogen-bond donors (Lipinski definition) is 2. The fourth-order valence-corrected chi connectivity index (χ4v) is 6.57. The maximum Gasteiger partial charge on any atom is 0.244 e. The van der Waals surface area contributed by atoms with Gasteiger partial charge in [0.05, 0.1) is 0 Å². The van der Waals surface area contributed by atoms with Gasteiger partial charge in [0.25, 0.3) is 0 Å². The molecule has 2 aliphatic carbocycles. The van der Waals surface area contributed by atoms with Gasteiger partial charge in [0.2, 0.25) is 15.9 Å². The molecule has 1 amide bonds. The zero-order chi connectivity index (χ0) is 20.7. The molecule has 5 unspecified atom stereocenters. The Labute approximate surface area is 167 Å².